The Balaban J connectivity index is 2.70. The predicted octanol–water partition coefficient (Wildman–Crippen LogP) is 3.04. The zero-order valence-electron chi connectivity index (χ0n) is 10.6. The third-order valence-corrected chi connectivity index (χ3v) is 2.32. The van der Waals surface area contributed by atoms with E-state index in [9.17, 15) is 0 Å². The molecule has 0 saturated heterocycles. The van der Waals surface area contributed by atoms with Crippen molar-refractivity contribution in [2.45, 2.75) is 27.3 Å². The topological polar surface area (TPSA) is 27.0 Å². The molecule has 0 unspecified atom stereocenters. The first-order chi connectivity index (χ1) is 7.42. The highest BCUT2D eigenvalue weighted by Crippen LogP contribution is 2.17. The molecule has 0 radical (unpaired) electrons. The van der Waals surface area contributed by atoms with Gasteiger partial charge >= 0.3 is 0 Å². The lowest BCUT2D eigenvalue weighted by Crippen LogP contribution is -2.29. The molecule has 0 bridgehead atoms. The molecule has 0 aliphatic rings. The summed E-state index contributed by atoms with van der Waals surface area (Å²) < 4.78 is 0. The van der Waals surface area contributed by atoms with E-state index >= 15 is 0 Å². The Morgan fingerprint density at radius 2 is 1.88 bits per heavy atom. The van der Waals surface area contributed by atoms with Crippen LogP contribution in [0.25, 0.3) is 0 Å². The number of nitrogens with zero attached hydrogens (tertiary/aromatic N) is 2. The minimum Gasteiger partial charge on any atom is -0.302 e. The second kappa shape index (κ2) is 5.14. The molecule has 1 rings (SSSR count). The molecule has 1 aromatic rings. The average Bonchev–Trinajstić information content (AvgIpc) is 2.15. The highest BCUT2D eigenvalue weighted by Gasteiger charge is 2.14. The monoisotopic (exact) mass is 216 g/mol. The van der Waals surface area contributed by atoms with Gasteiger partial charge in [-0.25, -0.2) is 0 Å². The zero-order valence-corrected chi connectivity index (χ0v) is 10.6. The van der Waals surface area contributed by atoms with Crippen LogP contribution in [0.1, 0.15) is 31.9 Å². The Hall–Kier alpha value is -1.33. The quantitative estimate of drug-likeness (QED) is 0.776. The van der Waals surface area contributed by atoms with Gasteiger partial charge < -0.3 is 4.90 Å². The van der Waals surface area contributed by atoms with Crippen LogP contribution in [0.4, 0.5) is 0 Å². The van der Waals surface area contributed by atoms with E-state index in [0.717, 1.165) is 24.2 Å². The van der Waals surface area contributed by atoms with Crippen molar-refractivity contribution in [2.24, 2.45) is 5.41 Å². The van der Waals surface area contributed by atoms with Crippen molar-refractivity contribution in [1.82, 2.24) is 4.90 Å². The first kappa shape index (κ1) is 12.7. The molecule has 0 aliphatic carbocycles. The van der Waals surface area contributed by atoms with Gasteiger partial charge in [0.15, 0.2) is 0 Å². The third-order valence-electron chi connectivity index (χ3n) is 2.32. The highest BCUT2D eigenvalue weighted by atomic mass is 15.1. The minimum absolute atomic E-state index is 0.288. The number of hydrogen-bond acceptors (Lipinski definition) is 2. The Bertz CT molecular complexity index is 382. The lowest BCUT2D eigenvalue weighted by molar-refractivity contribution is 0.220. The lowest BCUT2D eigenvalue weighted by Gasteiger charge is -2.26. The van der Waals surface area contributed by atoms with Gasteiger partial charge in [0.25, 0.3) is 0 Å². The van der Waals surface area contributed by atoms with Crippen LogP contribution in [-0.4, -0.2) is 18.5 Å². The molecule has 0 amide bonds. The van der Waals surface area contributed by atoms with Crippen LogP contribution in [0.15, 0.2) is 24.3 Å². The van der Waals surface area contributed by atoms with E-state index in [1.807, 2.05) is 24.3 Å². The smallest absolute Gasteiger partial charge is 0.0995 e. The van der Waals surface area contributed by atoms with Gasteiger partial charge in [-0.3, -0.25) is 0 Å². The summed E-state index contributed by atoms with van der Waals surface area (Å²) in [4.78, 5) is 2.26. The molecule has 0 aliphatic heterocycles. The SMILES string of the molecule is CN(Cc1ccccc1C#N)CC(C)(C)C. The molecular formula is C14H20N2. The van der Waals surface area contributed by atoms with Crippen LogP contribution in [0.3, 0.4) is 0 Å². The second-order valence-corrected chi connectivity index (χ2v) is 5.50. The van der Waals surface area contributed by atoms with Gasteiger partial charge in [0.2, 0.25) is 0 Å². The molecule has 86 valence electrons. The van der Waals surface area contributed by atoms with Gasteiger partial charge in [0.1, 0.15) is 0 Å². The standard InChI is InChI=1S/C14H20N2/c1-14(2,3)11-16(4)10-13-8-6-5-7-12(13)9-15/h5-8H,10-11H2,1-4H3. The minimum atomic E-state index is 0.288. The number of benzene rings is 1. The average molecular weight is 216 g/mol. The number of rotatable bonds is 3. The Morgan fingerprint density at radius 3 is 2.44 bits per heavy atom. The van der Waals surface area contributed by atoms with Crippen molar-refractivity contribution in [3.05, 3.63) is 35.4 Å². The maximum Gasteiger partial charge on any atom is 0.0995 e. The van der Waals surface area contributed by atoms with E-state index in [4.69, 9.17) is 5.26 Å². The second-order valence-electron chi connectivity index (χ2n) is 5.50. The third kappa shape index (κ3) is 4.04. The van der Waals surface area contributed by atoms with E-state index in [0.29, 0.717) is 0 Å². The fourth-order valence-electron chi connectivity index (χ4n) is 1.92. The fraction of sp³-hybridized carbons (Fsp3) is 0.500. The van der Waals surface area contributed by atoms with Crippen molar-refractivity contribution < 1.29 is 0 Å². The summed E-state index contributed by atoms with van der Waals surface area (Å²) in [6.07, 6.45) is 0. The van der Waals surface area contributed by atoms with Crippen LogP contribution in [0.2, 0.25) is 0 Å². The maximum atomic E-state index is 9.00. The highest BCUT2D eigenvalue weighted by molar-refractivity contribution is 5.37. The van der Waals surface area contributed by atoms with Crippen LogP contribution < -0.4 is 0 Å². The summed E-state index contributed by atoms with van der Waals surface area (Å²) in [6.45, 7) is 8.52. The van der Waals surface area contributed by atoms with Gasteiger partial charge in [-0.2, -0.15) is 5.26 Å². The molecule has 0 N–H and O–H groups in total. The Morgan fingerprint density at radius 1 is 1.25 bits per heavy atom. The van der Waals surface area contributed by atoms with Crippen molar-refractivity contribution in [1.29, 1.82) is 5.26 Å². The molecule has 2 nitrogen and oxygen atoms in total. The van der Waals surface area contributed by atoms with Crippen LogP contribution in [-0.2, 0) is 6.54 Å². The van der Waals surface area contributed by atoms with E-state index < -0.39 is 0 Å². The predicted molar refractivity (Wildman–Crippen MR) is 66.9 cm³/mol. The fourth-order valence-corrected chi connectivity index (χ4v) is 1.92. The molecule has 0 heterocycles. The zero-order chi connectivity index (χ0) is 12.2. The first-order valence-corrected chi connectivity index (χ1v) is 5.59. The van der Waals surface area contributed by atoms with E-state index in [1.54, 1.807) is 0 Å². The molecule has 0 fully saturated rings. The largest absolute Gasteiger partial charge is 0.302 e. The van der Waals surface area contributed by atoms with E-state index in [1.165, 1.54) is 0 Å². The summed E-state index contributed by atoms with van der Waals surface area (Å²) in [5, 5.41) is 9.00. The molecule has 0 spiro atoms. The first-order valence-electron chi connectivity index (χ1n) is 5.59. The molecular weight excluding hydrogens is 196 g/mol. The number of hydrogen-bond donors (Lipinski definition) is 0. The summed E-state index contributed by atoms with van der Waals surface area (Å²) in [5.74, 6) is 0. The van der Waals surface area contributed by atoms with Crippen molar-refractivity contribution in [2.75, 3.05) is 13.6 Å². The molecule has 16 heavy (non-hydrogen) atoms. The molecule has 0 saturated carbocycles. The van der Waals surface area contributed by atoms with Crippen molar-refractivity contribution in [3.8, 4) is 6.07 Å². The molecule has 0 atom stereocenters. The van der Waals surface area contributed by atoms with Crippen molar-refractivity contribution in [3.63, 3.8) is 0 Å². The molecule has 2 heteroatoms. The lowest BCUT2D eigenvalue weighted by atomic mass is 9.96. The summed E-state index contributed by atoms with van der Waals surface area (Å²) >= 11 is 0. The van der Waals surface area contributed by atoms with Crippen LogP contribution in [0, 0.1) is 16.7 Å². The molecule has 0 aromatic heterocycles. The van der Waals surface area contributed by atoms with Crippen molar-refractivity contribution >= 4 is 0 Å². The summed E-state index contributed by atoms with van der Waals surface area (Å²) in [6, 6.07) is 10.0. The van der Waals surface area contributed by atoms with Gasteiger partial charge in [0.05, 0.1) is 11.6 Å². The Kier molecular flexibility index (Phi) is 4.09. The van der Waals surface area contributed by atoms with Crippen LogP contribution >= 0.6 is 0 Å². The van der Waals surface area contributed by atoms with Gasteiger partial charge in [0, 0.05) is 13.1 Å². The normalized spacial score (nSPS) is 11.5. The van der Waals surface area contributed by atoms with E-state index in [-0.39, 0.29) is 5.41 Å². The van der Waals surface area contributed by atoms with Gasteiger partial charge in [-0.1, -0.05) is 39.0 Å². The maximum absolute atomic E-state index is 9.00. The van der Waals surface area contributed by atoms with Gasteiger partial charge in [-0.15, -0.1) is 0 Å². The van der Waals surface area contributed by atoms with Gasteiger partial charge in [-0.05, 0) is 24.1 Å². The van der Waals surface area contributed by atoms with E-state index in [2.05, 4.69) is 38.8 Å². The Labute approximate surface area is 98.5 Å². The van der Waals surface area contributed by atoms with Crippen LogP contribution in [0.5, 0.6) is 0 Å². The summed E-state index contributed by atoms with van der Waals surface area (Å²) in [5.41, 5.74) is 2.18. The number of nitriles is 1. The molecule has 1 aromatic carbocycles. The summed E-state index contributed by atoms with van der Waals surface area (Å²) in [7, 11) is 2.10.